The van der Waals surface area contributed by atoms with E-state index in [0.717, 1.165) is 42.1 Å². The molecule has 0 radical (unpaired) electrons. The minimum atomic E-state index is 0. The van der Waals surface area contributed by atoms with Crippen molar-refractivity contribution in [1.82, 2.24) is 4.98 Å². The summed E-state index contributed by atoms with van der Waals surface area (Å²) in [6, 6.07) is 16.3. The van der Waals surface area contributed by atoms with E-state index in [1.807, 2.05) is 12.1 Å². The van der Waals surface area contributed by atoms with E-state index in [0.29, 0.717) is 18.2 Å². The predicted molar refractivity (Wildman–Crippen MR) is 126 cm³/mol. The van der Waals surface area contributed by atoms with Crippen LogP contribution >= 0.6 is 12.4 Å². The van der Waals surface area contributed by atoms with E-state index in [4.69, 9.17) is 19.7 Å². The first kappa shape index (κ1) is 22.9. The minimum Gasteiger partial charge on any atom is -0.489 e. The largest absolute Gasteiger partial charge is 0.489 e. The summed E-state index contributed by atoms with van der Waals surface area (Å²) < 4.78 is 11.4. The lowest BCUT2D eigenvalue weighted by Gasteiger charge is -2.28. The Labute approximate surface area is 190 Å². The summed E-state index contributed by atoms with van der Waals surface area (Å²) in [5.41, 5.74) is 6.20. The van der Waals surface area contributed by atoms with Crippen LogP contribution in [-0.2, 0) is 11.3 Å². The number of nitrogens with zero attached hydrogens (tertiary/aromatic N) is 3. The fourth-order valence-corrected chi connectivity index (χ4v) is 4.23. The van der Waals surface area contributed by atoms with Crippen molar-refractivity contribution >= 4 is 29.0 Å². The smallest absolute Gasteiger partial charge is 0.119 e. The number of nitriles is 1. The zero-order valence-corrected chi connectivity index (χ0v) is 19.0. The van der Waals surface area contributed by atoms with E-state index in [2.05, 4.69) is 43.0 Å². The van der Waals surface area contributed by atoms with E-state index in [9.17, 15) is 0 Å². The number of aromatic nitrogens is 1. The maximum Gasteiger partial charge on any atom is 0.119 e. The summed E-state index contributed by atoms with van der Waals surface area (Å²) in [5.74, 6) is 0.755. The molecule has 1 atom stereocenters. The summed E-state index contributed by atoms with van der Waals surface area (Å²) in [7, 11) is 1.77. The molecular weight excluding hydrogens is 410 g/mol. The number of methoxy groups -OCH3 is 1. The molecule has 0 N–H and O–H groups in total. The molecule has 1 saturated heterocycles. The van der Waals surface area contributed by atoms with Crippen LogP contribution in [0.25, 0.3) is 10.9 Å². The van der Waals surface area contributed by atoms with Crippen molar-refractivity contribution in [3.63, 3.8) is 0 Å². The Bertz CT molecular complexity index is 1090. The van der Waals surface area contributed by atoms with Crippen molar-refractivity contribution in [2.75, 3.05) is 25.2 Å². The van der Waals surface area contributed by atoms with Crippen LogP contribution in [0.4, 0.5) is 5.69 Å². The van der Waals surface area contributed by atoms with E-state index in [1.165, 1.54) is 23.1 Å². The van der Waals surface area contributed by atoms with Crippen LogP contribution in [0.15, 0.2) is 42.5 Å². The molecule has 0 unspecified atom stereocenters. The van der Waals surface area contributed by atoms with Gasteiger partial charge >= 0.3 is 0 Å². The summed E-state index contributed by atoms with van der Waals surface area (Å²) in [6.45, 7) is 6.44. The highest BCUT2D eigenvalue weighted by Gasteiger charge is 2.26. The van der Waals surface area contributed by atoms with Crippen LogP contribution in [0.3, 0.4) is 0 Å². The second-order valence-electron chi connectivity index (χ2n) is 7.95. The van der Waals surface area contributed by atoms with Crippen molar-refractivity contribution in [1.29, 1.82) is 5.26 Å². The predicted octanol–water partition coefficient (Wildman–Crippen LogP) is 5.34. The summed E-state index contributed by atoms with van der Waals surface area (Å²) in [5, 5.41) is 10.1. The van der Waals surface area contributed by atoms with Crippen LogP contribution in [0.5, 0.6) is 5.75 Å². The summed E-state index contributed by atoms with van der Waals surface area (Å²) in [6.07, 6.45) is 2.35. The van der Waals surface area contributed by atoms with E-state index in [-0.39, 0.29) is 12.4 Å². The first-order valence-electron chi connectivity index (χ1n) is 10.4. The lowest BCUT2D eigenvalue weighted by Crippen LogP contribution is -2.33. The van der Waals surface area contributed by atoms with Gasteiger partial charge in [0.05, 0.1) is 29.8 Å². The van der Waals surface area contributed by atoms with Gasteiger partial charge < -0.3 is 14.4 Å². The fourth-order valence-electron chi connectivity index (χ4n) is 4.23. The maximum absolute atomic E-state index is 8.93. The quantitative estimate of drug-likeness (QED) is 0.521. The second-order valence-corrected chi connectivity index (χ2v) is 7.95. The number of aryl methyl sites for hydroxylation is 2. The molecule has 0 aliphatic carbocycles. The van der Waals surface area contributed by atoms with Gasteiger partial charge in [-0.25, -0.2) is 0 Å². The van der Waals surface area contributed by atoms with Crippen LogP contribution < -0.4 is 9.64 Å². The topological polar surface area (TPSA) is 58.4 Å². The number of fused-ring (bicyclic) bond motifs is 1. The van der Waals surface area contributed by atoms with Crippen LogP contribution in [0.1, 0.15) is 35.2 Å². The van der Waals surface area contributed by atoms with E-state index >= 15 is 0 Å². The lowest BCUT2D eigenvalue weighted by atomic mass is 10.0. The molecule has 5 nitrogen and oxygen atoms in total. The standard InChI is InChI=1S/C25H27N3O2.ClH/c1-17-11-23-24(13-20(17)15-30-22-8-6-19(14-26)7-9-22)27-18(2)12-25(23)28-10-4-5-21(28)16-29-3;/h6-9,11-13,21H,4-5,10,15-16H2,1-3H3;1H/t21-;/m0./s1. The van der Waals surface area contributed by atoms with E-state index < -0.39 is 0 Å². The zero-order valence-electron chi connectivity index (χ0n) is 18.2. The first-order chi connectivity index (χ1) is 14.6. The number of ether oxygens (including phenoxy) is 2. The number of anilines is 1. The van der Waals surface area contributed by atoms with Gasteiger partial charge in [0, 0.05) is 30.4 Å². The molecule has 1 aliphatic rings. The molecule has 4 rings (SSSR count). The van der Waals surface area contributed by atoms with Crippen molar-refractivity contribution in [2.24, 2.45) is 0 Å². The van der Waals surface area contributed by atoms with Gasteiger partial charge in [0.25, 0.3) is 0 Å². The first-order valence-corrected chi connectivity index (χ1v) is 10.4. The Morgan fingerprint density at radius 1 is 1.16 bits per heavy atom. The molecule has 162 valence electrons. The third-order valence-electron chi connectivity index (χ3n) is 5.80. The van der Waals surface area contributed by atoms with Gasteiger partial charge in [-0.1, -0.05) is 0 Å². The SMILES string of the molecule is COC[C@@H]1CCCN1c1cc(C)nc2cc(COc3ccc(C#N)cc3)c(C)cc12.Cl. The highest BCUT2D eigenvalue weighted by atomic mass is 35.5. The molecule has 1 aromatic heterocycles. The molecule has 2 aromatic carbocycles. The van der Waals surface area contributed by atoms with Crippen molar-refractivity contribution in [3.8, 4) is 11.8 Å². The molecule has 6 heteroatoms. The number of rotatable bonds is 6. The number of pyridine rings is 1. The highest BCUT2D eigenvalue weighted by Crippen LogP contribution is 2.34. The third kappa shape index (κ3) is 4.92. The van der Waals surface area contributed by atoms with Gasteiger partial charge in [-0.15, -0.1) is 12.4 Å². The molecule has 1 fully saturated rings. The molecule has 3 aromatic rings. The van der Waals surface area contributed by atoms with Crippen molar-refractivity contribution in [2.45, 2.75) is 39.3 Å². The van der Waals surface area contributed by atoms with Gasteiger partial charge in [-0.3, -0.25) is 4.98 Å². The average molecular weight is 438 g/mol. The van der Waals surface area contributed by atoms with Crippen LogP contribution in [0, 0.1) is 25.2 Å². The minimum absolute atomic E-state index is 0. The number of hydrogen-bond donors (Lipinski definition) is 0. The van der Waals surface area contributed by atoms with Gasteiger partial charge in [0.2, 0.25) is 0 Å². The van der Waals surface area contributed by atoms with E-state index in [1.54, 1.807) is 19.2 Å². The van der Waals surface area contributed by atoms with Crippen molar-refractivity contribution < 1.29 is 9.47 Å². The second kappa shape index (κ2) is 10.00. The molecule has 0 bridgehead atoms. The Hall–Kier alpha value is -2.81. The molecule has 0 spiro atoms. The maximum atomic E-state index is 8.93. The Morgan fingerprint density at radius 2 is 1.94 bits per heavy atom. The number of hydrogen-bond acceptors (Lipinski definition) is 5. The molecule has 0 saturated carbocycles. The Kier molecular flexibility index (Phi) is 7.37. The lowest BCUT2D eigenvalue weighted by molar-refractivity contribution is 0.181. The molecule has 0 amide bonds. The van der Waals surface area contributed by atoms with Gasteiger partial charge in [-0.2, -0.15) is 5.26 Å². The molecule has 2 heterocycles. The molecule has 31 heavy (non-hydrogen) atoms. The van der Waals surface area contributed by atoms with Gasteiger partial charge in [-0.05, 0) is 80.3 Å². The summed E-state index contributed by atoms with van der Waals surface area (Å²) in [4.78, 5) is 7.29. The highest BCUT2D eigenvalue weighted by molar-refractivity contribution is 5.93. The van der Waals surface area contributed by atoms with Crippen molar-refractivity contribution in [3.05, 3.63) is 64.8 Å². The summed E-state index contributed by atoms with van der Waals surface area (Å²) >= 11 is 0. The average Bonchev–Trinajstić information content (AvgIpc) is 3.21. The zero-order chi connectivity index (χ0) is 21.1. The number of benzene rings is 2. The monoisotopic (exact) mass is 437 g/mol. The van der Waals surface area contributed by atoms with Gasteiger partial charge in [0.1, 0.15) is 12.4 Å². The van der Waals surface area contributed by atoms with Crippen LogP contribution in [-0.4, -0.2) is 31.3 Å². The normalized spacial score (nSPS) is 15.5. The fraction of sp³-hybridized carbons (Fsp3) is 0.360. The van der Waals surface area contributed by atoms with Crippen LogP contribution in [0.2, 0.25) is 0 Å². The molecular formula is C25H28ClN3O2. The van der Waals surface area contributed by atoms with Gasteiger partial charge in [0.15, 0.2) is 0 Å². The third-order valence-corrected chi connectivity index (χ3v) is 5.80. The molecule has 1 aliphatic heterocycles. The number of halogens is 1. The Morgan fingerprint density at radius 3 is 2.65 bits per heavy atom. The Balaban J connectivity index is 0.00000272.